The molecule has 5 nitrogen and oxygen atoms in total. The van der Waals surface area contributed by atoms with Crippen LogP contribution in [0.5, 0.6) is 0 Å². The monoisotopic (exact) mass is 382 g/mol. The van der Waals surface area contributed by atoms with Crippen molar-refractivity contribution < 1.29 is 4.79 Å². The van der Waals surface area contributed by atoms with E-state index in [0.717, 1.165) is 24.1 Å². The smallest absolute Gasteiger partial charge is 0.237 e. The number of para-hydroxylation sites is 1. The van der Waals surface area contributed by atoms with Crippen molar-refractivity contribution in [1.82, 2.24) is 20.4 Å². The molecule has 0 radical (unpaired) electrons. The van der Waals surface area contributed by atoms with E-state index in [1.807, 2.05) is 59.4 Å². The van der Waals surface area contributed by atoms with E-state index in [1.54, 1.807) is 6.20 Å². The van der Waals surface area contributed by atoms with Crippen molar-refractivity contribution in [3.05, 3.63) is 84.2 Å². The van der Waals surface area contributed by atoms with E-state index in [9.17, 15) is 4.79 Å². The molecule has 140 valence electrons. The van der Waals surface area contributed by atoms with Gasteiger partial charge < -0.3 is 5.32 Å². The molecule has 1 amide bonds. The van der Waals surface area contributed by atoms with Crippen LogP contribution in [0.4, 0.5) is 0 Å². The predicted octanol–water partition coefficient (Wildman–Crippen LogP) is 3.40. The second-order valence-electron chi connectivity index (χ2n) is 6.56. The van der Waals surface area contributed by atoms with Crippen LogP contribution in [0.3, 0.4) is 0 Å². The van der Waals surface area contributed by atoms with Crippen LogP contribution < -0.4 is 10.6 Å². The molecule has 27 heavy (non-hydrogen) atoms. The number of nitrogens with one attached hydrogen (secondary N) is 2. The molecule has 1 aliphatic heterocycles. The summed E-state index contributed by atoms with van der Waals surface area (Å²) in [4.78, 5) is 12.6. The molecule has 1 saturated heterocycles. The van der Waals surface area contributed by atoms with Crippen LogP contribution in [0, 0.1) is 0 Å². The minimum Gasteiger partial charge on any atom is -0.351 e. The Morgan fingerprint density at radius 1 is 1.07 bits per heavy atom. The maximum Gasteiger partial charge on any atom is 0.237 e. The minimum absolute atomic E-state index is 0. The van der Waals surface area contributed by atoms with Crippen molar-refractivity contribution >= 4 is 18.3 Å². The average molecular weight is 383 g/mol. The van der Waals surface area contributed by atoms with Crippen molar-refractivity contribution in [1.29, 1.82) is 0 Å². The van der Waals surface area contributed by atoms with Gasteiger partial charge in [0.1, 0.15) is 0 Å². The highest BCUT2D eigenvalue weighted by atomic mass is 35.5. The number of aromatic nitrogens is 2. The highest BCUT2D eigenvalue weighted by Gasteiger charge is 2.29. The van der Waals surface area contributed by atoms with Crippen LogP contribution >= 0.6 is 12.4 Å². The Labute approximate surface area is 165 Å². The maximum absolute atomic E-state index is 12.6. The number of halogens is 1. The van der Waals surface area contributed by atoms with Crippen LogP contribution in [0.1, 0.15) is 30.0 Å². The zero-order valence-corrected chi connectivity index (χ0v) is 15.7. The number of nitrogens with zero attached hydrogens (tertiary/aromatic N) is 2. The summed E-state index contributed by atoms with van der Waals surface area (Å²) in [6, 6.07) is 20.3. The lowest BCUT2D eigenvalue weighted by Crippen LogP contribution is -2.40. The van der Waals surface area contributed by atoms with Crippen LogP contribution in [0.25, 0.3) is 5.69 Å². The Morgan fingerprint density at radius 2 is 1.85 bits per heavy atom. The Balaban J connectivity index is 0.00000210. The number of amides is 1. The predicted molar refractivity (Wildman–Crippen MR) is 108 cm³/mol. The first-order valence-corrected chi connectivity index (χ1v) is 8.98. The Hall–Kier alpha value is -2.63. The molecule has 2 N–H and O–H groups in total. The second-order valence-corrected chi connectivity index (χ2v) is 6.56. The first-order valence-electron chi connectivity index (χ1n) is 8.98. The largest absolute Gasteiger partial charge is 0.351 e. The van der Waals surface area contributed by atoms with E-state index in [4.69, 9.17) is 0 Å². The maximum atomic E-state index is 12.6. The van der Waals surface area contributed by atoms with Gasteiger partial charge in [0.05, 0.1) is 11.7 Å². The van der Waals surface area contributed by atoms with Crippen molar-refractivity contribution in [2.24, 2.45) is 0 Å². The topological polar surface area (TPSA) is 59.0 Å². The second kappa shape index (κ2) is 8.84. The molecule has 1 aromatic heterocycles. The Morgan fingerprint density at radius 3 is 2.63 bits per heavy atom. The van der Waals surface area contributed by atoms with Gasteiger partial charge in [0, 0.05) is 25.0 Å². The number of hydrogen-bond donors (Lipinski definition) is 2. The summed E-state index contributed by atoms with van der Waals surface area (Å²) in [6.07, 6.45) is 5.49. The van der Waals surface area contributed by atoms with Gasteiger partial charge in [-0.2, -0.15) is 5.10 Å². The van der Waals surface area contributed by atoms with E-state index >= 15 is 0 Å². The number of carbonyl (C=O) groups excluding carboxylic acids is 1. The van der Waals surface area contributed by atoms with Crippen molar-refractivity contribution in [2.75, 3.05) is 0 Å². The molecule has 6 heteroatoms. The van der Waals surface area contributed by atoms with Gasteiger partial charge in [0.25, 0.3) is 0 Å². The molecule has 0 saturated carbocycles. The van der Waals surface area contributed by atoms with Gasteiger partial charge in [-0.05, 0) is 36.1 Å². The minimum atomic E-state index is -0.142. The molecule has 2 aromatic carbocycles. The summed E-state index contributed by atoms with van der Waals surface area (Å²) in [7, 11) is 0. The molecular weight excluding hydrogens is 360 g/mol. The lowest BCUT2D eigenvalue weighted by molar-refractivity contribution is -0.123. The zero-order valence-electron chi connectivity index (χ0n) is 14.9. The Kier molecular flexibility index (Phi) is 6.27. The summed E-state index contributed by atoms with van der Waals surface area (Å²) in [5, 5.41) is 10.8. The number of rotatable bonds is 5. The molecule has 2 atom stereocenters. The third kappa shape index (κ3) is 4.38. The van der Waals surface area contributed by atoms with Crippen LogP contribution in [-0.2, 0) is 11.3 Å². The lowest BCUT2D eigenvalue weighted by atomic mass is 10.1. The van der Waals surface area contributed by atoms with Crippen molar-refractivity contribution in [2.45, 2.75) is 31.5 Å². The molecule has 1 fully saturated rings. The highest BCUT2D eigenvalue weighted by molar-refractivity contribution is 5.85. The van der Waals surface area contributed by atoms with Gasteiger partial charge in [-0.25, -0.2) is 4.68 Å². The van der Waals surface area contributed by atoms with Gasteiger partial charge in [0.2, 0.25) is 5.91 Å². The molecule has 0 bridgehead atoms. The lowest BCUT2D eigenvalue weighted by Gasteiger charge is -2.16. The molecular formula is C21H23ClN4O. The van der Waals surface area contributed by atoms with E-state index < -0.39 is 0 Å². The SMILES string of the molecule is Cl.O=C(NCc1ccccc1-n1cccn1)[C@H]1CC[C@H](c2ccccc2)N1. The van der Waals surface area contributed by atoms with Gasteiger partial charge in [-0.15, -0.1) is 12.4 Å². The fourth-order valence-electron chi connectivity index (χ4n) is 3.50. The van der Waals surface area contributed by atoms with E-state index in [2.05, 4.69) is 27.9 Å². The zero-order chi connectivity index (χ0) is 17.8. The fourth-order valence-corrected chi connectivity index (χ4v) is 3.50. The van der Waals surface area contributed by atoms with E-state index in [-0.39, 0.29) is 30.4 Å². The van der Waals surface area contributed by atoms with Gasteiger partial charge in [-0.3, -0.25) is 10.1 Å². The van der Waals surface area contributed by atoms with E-state index in [1.165, 1.54) is 5.56 Å². The third-order valence-corrected chi connectivity index (χ3v) is 4.86. The molecule has 1 aliphatic rings. The summed E-state index contributed by atoms with van der Waals surface area (Å²) < 4.78 is 1.82. The Bertz CT molecular complexity index is 867. The molecule has 0 aliphatic carbocycles. The third-order valence-electron chi connectivity index (χ3n) is 4.86. The summed E-state index contributed by atoms with van der Waals surface area (Å²) in [5.74, 6) is 0.0544. The van der Waals surface area contributed by atoms with Crippen LogP contribution in [0.15, 0.2) is 73.1 Å². The summed E-state index contributed by atoms with van der Waals surface area (Å²) in [5.41, 5.74) is 3.27. The standard InChI is InChI=1S/C21H22N4O.ClH/c26-21(19-12-11-18(24-19)16-7-2-1-3-8-16)22-15-17-9-4-5-10-20(17)25-14-6-13-23-25;/h1-10,13-14,18-19,24H,11-12,15H2,(H,22,26);1H/t18-,19-;/m1./s1. The molecule has 0 spiro atoms. The summed E-state index contributed by atoms with van der Waals surface area (Å²) in [6.45, 7) is 0.489. The van der Waals surface area contributed by atoms with Crippen LogP contribution in [0.2, 0.25) is 0 Å². The normalized spacial score (nSPS) is 18.7. The number of hydrogen-bond acceptors (Lipinski definition) is 3. The molecule has 4 rings (SSSR count). The van der Waals surface area contributed by atoms with Crippen molar-refractivity contribution in [3.8, 4) is 5.69 Å². The van der Waals surface area contributed by atoms with Gasteiger partial charge in [0.15, 0.2) is 0 Å². The van der Waals surface area contributed by atoms with E-state index in [0.29, 0.717) is 6.54 Å². The highest BCUT2D eigenvalue weighted by Crippen LogP contribution is 2.26. The fraction of sp³-hybridized carbons (Fsp3) is 0.238. The molecule has 2 heterocycles. The molecule has 0 unspecified atom stereocenters. The molecule has 3 aromatic rings. The summed E-state index contributed by atoms with van der Waals surface area (Å²) >= 11 is 0. The number of carbonyl (C=O) groups is 1. The first-order chi connectivity index (χ1) is 12.8. The first kappa shape index (κ1) is 19.1. The number of benzene rings is 2. The average Bonchev–Trinajstić information content (AvgIpc) is 3.39. The van der Waals surface area contributed by atoms with Gasteiger partial charge >= 0.3 is 0 Å². The van der Waals surface area contributed by atoms with Gasteiger partial charge in [-0.1, -0.05) is 48.5 Å². The quantitative estimate of drug-likeness (QED) is 0.711. The van der Waals surface area contributed by atoms with Crippen molar-refractivity contribution in [3.63, 3.8) is 0 Å². The van der Waals surface area contributed by atoms with Crippen LogP contribution in [-0.4, -0.2) is 21.7 Å².